The van der Waals surface area contributed by atoms with Gasteiger partial charge >= 0.3 is 18.2 Å². The Morgan fingerprint density at radius 2 is 1.64 bits per heavy atom. The molecule has 3 amide bonds. The summed E-state index contributed by atoms with van der Waals surface area (Å²) in [6.45, 7) is 5.78. The van der Waals surface area contributed by atoms with Crippen molar-refractivity contribution in [1.82, 2.24) is 10.2 Å². The van der Waals surface area contributed by atoms with E-state index in [1.54, 1.807) is 18.2 Å². The Morgan fingerprint density at radius 3 is 2.34 bits per heavy atom. The minimum absolute atomic E-state index is 0.0484. The third-order valence-electron chi connectivity index (χ3n) is 10.8. The lowest BCUT2D eigenvalue weighted by atomic mass is 9.83. The van der Waals surface area contributed by atoms with E-state index in [4.69, 9.17) is 33.2 Å². The van der Waals surface area contributed by atoms with Crippen LogP contribution in [-0.2, 0) is 54.2 Å². The lowest BCUT2D eigenvalue weighted by Gasteiger charge is -2.43. The van der Waals surface area contributed by atoms with Crippen molar-refractivity contribution < 1.29 is 61.9 Å². The smallest absolute Gasteiger partial charge is 0.412 e. The van der Waals surface area contributed by atoms with E-state index in [0.29, 0.717) is 31.6 Å². The zero-order valence-corrected chi connectivity index (χ0v) is 33.2. The number of anilines is 1. The second-order valence-corrected chi connectivity index (χ2v) is 14.6. The summed E-state index contributed by atoms with van der Waals surface area (Å²) in [5.41, 5.74) is 5.02. The van der Waals surface area contributed by atoms with Gasteiger partial charge in [-0.3, -0.25) is 19.3 Å². The van der Waals surface area contributed by atoms with Crippen molar-refractivity contribution in [2.75, 3.05) is 38.2 Å². The van der Waals surface area contributed by atoms with E-state index in [-0.39, 0.29) is 68.4 Å². The lowest BCUT2D eigenvalue weighted by Crippen LogP contribution is -2.54. The van der Waals surface area contributed by atoms with Crippen LogP contribution < -0.4 is 15.4 Å². The van der Waals surface area contributed by atoms with Crippen LogP contribution >= 0.6 is 0 Å². The van der Waals surface area contributed by atoms with Crippen LogP contribution in [0.3, 0.4) is 0 Å². The van der Waals surface area contributed by atoms with Crippen LogP contribution in [0.4, 0.5) is 15.3 Å². The molecular formula is C43H49N3O13. The number of fused-ring (bicyclic) bond motifs is 3. The number of nitrogens with one attached hydrogen (secondary N) is 2. The number of alkyl carbamates (subject to hydrolysis) is 1. The molecule has 0 spiro atoms. The Bertz CT molecular complexity index is 1950. The summed E-state index contributed by atoms with van der Waals surface area (Å²) in [5.74, 6) is -1.52. The van der Waals surface area contributed by atoms with Gasteiger partial charge in [-0.1, -0.05) is 68.4 Å². The van der Waals surface area contributed by atoms with Gasteiger partial charge < -0.3 is 48.6 Å². The first-order chi connectivity index (χ1) is 28.6. The van der Waals surface area contributed by atoms with Gasteiger partial charge in [-0.2, -0.15) is 0 Å². The van der Waals surface area contributed by atoms with E-state index >= 15 is 0 Å². The summed E-state index contributed by atoms with van der Waals surface area (Å²) in [6, 6.07) is 20.7. The molecule has 2 unspecified atom stereocenters. The Morgan fingerprint density at radius 1 is 0.915 bits per heavy atom. The third kappa shape index (κ3) is 10.6. The number of amides is 3. The van der Waals surface area contributed by atoms with Gasteiger partial charge in [0.15, 0.2) is 6.10 Å². The molecule has 2 heterocycles. The van der Waals surface area contributed by atoms with Gasteiger partial charge in [0, 0.05) is 38.1 Å². The fraction of sp³-hybridized carbons (Fsp3) is 0.442. The average molecular weight is 816 g/mol. The highest BCUT2D eigenvalue weighted by atomic mass is 16.7. The maximum atomic E-state index is 13.4. The standard InChI is InChI=1S/C43H49N3O13/c1-26-27(2)40(57-28(3)49)41(59-37(26)24-53-25-48)58-36-15-14-29(22-56-43(52)46-18-20-54-39(46)13-8-19-47)21-35(36)45-38(50)16-17-44-42(51)55-23-34-32-11-6-4-9-30(32)31-10-5-7-12-33(31)34/h4-7,9-12,14-15,19,21,25-27,34,37,39-41H,8,13,16-18,20,22-24H2,1-3H3,(H,44,51)(H,45,50)/t26-,27-,37+,39?,40+,41?/m0/s1. The van der Waals surface area contributed by atoms with E-state index in [1.165, 1.54) is 11.8 Å². The molecule has 6 atom stereocenters. The third-order valence-corrected chi connectivity index (χ3v) is 10.8. The van der Waals surface area contributed by atoms with Crippen molar-refractivity contribution in [1.29, 1.82) is 0 Å². The van der Waals surface area contributed by atoms with Gasteiger partial charge in [-0.15, -0.1) is 0 Å². The quantitative estimate of drug-likeness (QED) is 0.101. The maximum Gasteiger partial charge on any atom is 0.412 e. The second kappa shape index (κ2) is 20.1. The summed E-state index contributed by atoms with van der Waals surface area (Å²) in [6.07, 6.45) is -3.33. The molecule has 3 aromatic carbocycles. The molecule has 59 heavy (non-hydrogen) atoms. The van der Waals surface area contributed by atoms with Crippen molar-refractivity contribution in [3.05, 3.63) is 83.4 Å². The van der Waals surface area contributed by atoms with E-state index in [1.807, 2.05) is 62.4 Å². The molecule has 16 nitrogen and oxygen atoms in total. The van der Waals surface area contributed by atoms with Crippen molar-refractivity contribution in [2.24, 2.45) is 11.8 Å². The molecule has 16 heteroatoms. The van der Waals surface area contributed by atoms with Crippen LogP contribution in [0.1, 0.15) is 62.6 Å². The molecule has 2 saturated heterocycles. The number of hydrogen-bond donors (Lipinski definition) is 2. The Hall–Kier alpha value is -6.00. The van der Waals surface area contributed by atoms with E-state index in [9.17, 15) is 28.8 Å². The number of carbonyl (C=O) groups is 6. The molecule has 3 aliphatic rings. The first-order valence-electron chi connectivity index (χ1n) is 19.6. The van der Waals surface area contributed by atoms with Gasteiger partial charge in [-0.05, 0) is 52.3 Å². The fourth-order valence-electron chi connectivity index (χ4n) is 7.57. The Balaban J connectivity index is 1.12. The zero-order valence-electron chi connectivity index (χ0n) is 33.2. The first-order valence-corrected chi connectivity index (χ1v) is 19.6. The van der Waals surface area contributed by atoms with Gasteiger partial charge in [-0.25, -0.2) is 9.59 Å². The van der Waals surface area contributed by atoms with Gasteiger partial charge in [0.1, 0.15) is 38.1 Å². The maximum absolute atomic E-state index is 13.4. The van der Waals surface area contributed by atoms with Crippen LogP contribution in [-0.4, -0.2) is 99.4 Å². The highest BCUT2D eigenvalue weighted by molar-refractivity contribution is 5.92. The minimum Gasteiger partial charge on any atom is -0.465 e. The highest BCUT2D eigenvalue weighted by Gasteiger charge is 2.45. The van der Waals surface area contributed by atoms with Crippen molar-refractivity contribution in [3.63, 3.8) is 0 Å². The number of carbonyl (C=O) groups excluding carboxylic acids is 6. The summed E-state index contributed by atoms with van der Waals surface area (Å²) < 4.78 is 39.9. The number of ether oxygens (including phenoxy) is 7. The number of aldehydes is 1. The zero-order chi connectivity index (χ0) is 41.9. The molecular weight excluding hydrogens is 766 g/mol. The van der Waals surface area contributed by atoms with Crippen LogP contribution in [0, 0.1) is 11.8 Å². The number of rotatable bonds is 17. The number of nitrogens with zero attached hydrogens (tertiary/aromatic N) is 1. The normalized spacial score (nSPS) is 22.0. The van der Waals surface area contributed by atoms with Crippen LogP contribution in [0.15, 0.2) is 66.7 Å². The van der Waals surface area contributed by atoms with Crippen molar-refractivity contribution in [2.45, 2.75) is 77.3 Å². The largest absolute Gasteiger partial charge is 0.465 e. The number of benzene rings is 3. The van der Waals surface area contributed by atoms with Crippen LogP contribution in [0.5, 0.6) is 5.75 Å². The van der Waals surface area contributed by atoms with Gasteiger partial charge in [0.2, 0.25) is 12.2 Å². The molecule has 0 bridgehead atoms. The summed E-state index contributed by atoms with van der Waals surface area (Å²) in [5, 5.41) is 5.46. The summed E-state index contributed by atoms with van der Waals surface area (Å²) in [7, 11) is 0. The highest BCUT2D eigenvalue weighted by Crippen LogP contribution is 2.44. The molecule has 1 aliphatic carbocycles. The van der Waals surface area contributed by atoms with Crippen molar-refractivity contribution >= 4 is 42.5 Å². The molecule has 2 N–H and O–H groups in total. The molecule has 6 rings (SSSR count). The topological polar surface area (TPSA) is 194 Å². The molecule has 2 aliphatic heterocycles. The van der Waals surface area contributed by atoms with Crippen LogP contribution in [0.2, 0.25) is 0 Å². The summed E-state index contributed by atoms with van der Waals surface area (Å²) >= 11 is 0. The first kappa shape index (κ1) is 42.6. The predicted molar refractivity (Wildman–Crippen MR) is 210 cm³/mol. The molecule has 0 aromatic heterocycles. The summed E-state index contributed by atoms with van der Waals surface area (Å²) in [4.78, 5) is 74.6. The molecule has 314 valence electrons. The second-order valence-electron chi connectivity index (χ2n) is 14.6. The number of hydrogen-bond acceptors (Lipinski definition) is 13. The van der Waals surface area contributed by atoms with Crippen LogP contribution in [0.25, 0.3) is 11.1 Å². The minimum atomic E-state index is -1.17. The Kier molecular flexibility index (Phi) is 14.5. The van der Waals surface area contributed by atoms with Gasteiger partial charge in [0.05, 0.1) is 24.9 Å². The van der Waals surface area contributed by atoms with E-state index in [0.717, 1.165) is 28.5 Å². The van der Waals surface area contributed by atoms with Crippen molar-refractivity contribution in [3.8, 4) is 16.9 Å². The number of esters is 1. The molecule has 2 fully saturated rings. The molecule has 0 saturated carbocycles. The Labute approximate surface area is 341 Å². The van der Waals surface area contributed by atoms with E-state index < -0.39 is 48.8 Å². The lowest BCUT2D eigenvalue weighted by molar-refractivity contribution is -0.252. The molecule has 3 aromatic rings. The fourth-order valence-corrected chi connectivity index (χ4v) is 7.57. The van der Waals surface area contributed by atoms with Gasteiger partial charge in [0.25, 0.3) is 6.47 Å². The monoisotopic (exact) mass is 815 g/mol. The SMILES string of the molecule is CC(=O)O[C@H]1C(Oc2ccc(COC(=O)N3CCOC3CCC=O)cc2NC(=O)CCNC(=O)OCC2c3ccccc3-c3ccccc32)O[C@H](COC=O)[C@@H](C)[C@@H]1C. The predicted octanol–water partition coefficient (Wildman–Crippen LogP) is 5.31. The average Bonchev–Trinajstić information content (AvgIpc) is 3.83. The van der Waals surface area contributed by atoms with E-state index in [2.05, 4.69) is 10.6 Å². The molecule has 0 radical (unpaired) electrons.